The van der Waals surface area contributed by atoms with Crippen molar-refractivity contribution >= 4 is 46.7 Å². The number of nitrogens with zero attached hydrogens (tertiary/aromatic N) is 2. The molecule has 1 aliphatic heterocycles. The number of amides is 3. The van der Waals surface area contributed by atoms with Crippen LogP contribution in [0.1, 0.15) is 11.1 Å². The number of hydrogen-bond acceptors (Lipinski definition) is 6. The van der Waals surface area contributed by atoms with E-state index in [0.29, 0.717) is 17.3 Å². The van der Waals surface area contributed by atoms with E-state index in [4.69, 9.17) is 0 Å². The summed E-state index contributed by atoms with van der Waals surface area (Å²) in [6, 6.07) is 11.7. The Bertz CT molecular complexity index is 1120. The maximum absolute atomic E-state index is 13.8. The molecule has 0 aromatic heterocycles. The molecule has 10 heteroatoms. The number of carbonyl (C=O) groups excluding carboxylic acids is 3. The van der Waals surface area contributed by atoms with Crippen LogP contribution in [0.15, 0.2) is 59.5 Å². The Morgan fingerprint density at radius 2 is 1.97 bits per heavy atom. The predicted octanol–water partition coefficient (Wildman–Crippen LogP) is 3.60. The summed E-state index contributed by atoms with van der Waals surface area (Å²) in [5.74, 6) is -1.54. The molecule has 0 spiro atoms. The molecular formula is C21H16FN3O5S. The summed E-state index contributed by atoms with van der Waals surface area (Å²) in [6.07, 6.45) is 3.94. The molecule has 2 aromatic carbocycles. The number of hydrogen-bond donors (Lipinski definition) is 1. The fourth-order valence-electron chi connectivity index (χ4n) is 2.69. The molecule has 31 heavy (non-hydrogen) atoms. The van der Waals surface area contributed by atoms with Gasteiger partial charge in [0.2, 0.25) is 5.91 Å². The number of non-ortho nitro benzene ring substituents is 1. The van der Waals surface area contributed by atoms with E-state index in [2.05, 4.69) is 5.32 Å². The smallest absolute Gasteiger partial charge is 0.293 e. The molecule has 1 fully saturated rings. The van der Waals surface area contributed by atoms with Gasteiger partial charge in [-0.3, -0.25) is 29.4 Å². The number of carbonyl (C=O) groups is 3. The summed E-state index contributed by atoms with van der Waals surface area (Å²) in [6.45, 7) is -0.0290. The van der Waals surface area contributed by atoms with E-state index in [1.165, 1.54) is 54.6 Å². The highest BCUT2D eigenvalue weighted by atomic mass is 32.2. The minimum absolute atomic E-state index is 0.0170. The first-order chi connectivity index (χ1) is 14.8. The van der Waals surface area contributed by atoms with Crippen molar-refractivity contribution in [3.05, 3.63) is 86.6 Å². The fourth-order valence-corrected chi connectivity index (χ4v) is 3.55. The van der Waals surface area contributed by atoms with E-state index < -0.39 is 27.8 Å². The van der Waals surface area contributed by atoms with Gasteiger partial charge < -0.3 is 5.32 Å². The van der Waals surface area contributed by atoms with Gasteiger partial charge in [-0.1, -0.05) is 30.3 Å². The number of nitrogens with one attached hydrogen (secondary N) is 1. The lowest BCUT2D eigenvalue weighted by Gasteiger charge is -2.12. The lowest BCUT2D eigenvalue weighted by atomic mass is 10.2. The molecule has 158 valence electrons. The Morgan fingerprint density at radius 3 is 2.71 bits per heavy atom. The highest BCUT2D eigenvalue weighted by Gasteiger charge is 2.34. The number of nitro benzene ring substituents is 1. The number of halogens is 1. The van der Waals surface area contributed by atoms with Crippen LogP contribution in [0.25, 0.3) is 12.2 Å². The third kappa shape index (κ3) is 5.64. The Morgan fingerprint density at radius 1 is 1.19 bits per heavy atom. The Kier molecular flexibility index (Phi) is 6.93. The number of nitro groups is 1. The average Bonchev–Trinajstić information content (AvgIpc) is 3.01. The number of benzene rings is 2. The first-order valence-corrected chi connectivity index (χ1v) is 9.87. The highest BCUT2D eigenvalue weighted by molar-refractivity contribution is 8.18. The second-order valence-corrected chi connectivity index (χ2v) is 7.32. The molecule has 1 heterocycles. The zero-order chi connectivity index (χ0) is 22.4. The van der Waals surface area contributed by atoms with Crippen molar-refractivity contribution in [1.29, 1.82) is 0 Å². The zero-order valence-corrected chi connectivity index (χ0v) is 16.8. The maximum atomic E-state index is 13.8. The molecule has 0 saturated carbocycles. The van der Waals surface area contributed by atoms with E-state index >= 15 is 0 Å². The van der Waals surface area contributed by atoms with Crippen LogP contribution < -0.4 is 5.32 Å². The van der Waals surface area contributed by atoms with E-state index in [0.717, 1.165) is 4.90 Å². The maximum Gasteiger partial charge on any atom is 0.293 e. The van der Waals surface area contributed by atoms with Gasteiger partial charge in [-0.25, -0.2) is 4.39 Å². The SMILES string of the molecule is O=C(/C=C/c1cccc([N+](=O)[O-])c1)NCCN1C(=O)S/C(=C\c2ccccc2F)C1=O. The van der Waals surface area contributed by atoms with Crippen LogP contribution in [0.2, 0.25) is 0 Å². The van der Waals surface area contributed by atoms with Crippen LogP contribution >= 0.6 is 11.8 Å². The van der Waals surface area contributed by atoms with Crippen LogP contribution in [0.3, 0.4) is 0 Å². The highest BCUT2D eigenvalue weighted by Crippen LogP contribution is 2.32. The van der Waals surface area contributed by atoms with Crippen molar-refractivity contribution < 1.29 is 23.7 Å². The van der Waals surface area contributed by atoms with Gasteiger partial charge >= 0.3 is 0 Å². The van der Waals surface area contributed by atoms with Gasteiger partial charge in [-0.2, -0.15) is 0 Å². The van der Waals surface area contributed by atoms with Crippen molar-refractivity contribution in [3.63, 3.8) is 0 Å². The van der Waals surface area contributed by atoms with E-state index in [1.54, 1.807) is 12.1 Å². The second-order valence-electron chi connectivity index (χ2n) is 6.33. The van der Waals surface area contributed by atoms with Crippen molar-refractivity contribution in [2.24, 2.45) is 0 Å². The average molecular weight is 441 g/mol. The topological polar surface area (TPSA) is 110 Å². The van der Waals surface area contributed by atoms with E-state index in [9.17, 15) is 28.9 Å². The molecule has 0 aliphatic carbocycles. The van der Waals surface area contributed by atoms with Crippen LogP contribution in [-0.2, 0) is 9.59 Å². The largest absolute Gasteiger partial charge is 0.351 e. The number of rotatable bonds is 7. The fraction of sp³-hybridized carbons (Fsp3) is 0.0952. The summed E-state index contributed by atoms with van der Waals surface area (Å²) in [7, 11) is 0. The van der Waals surface area contributed by atoms with Crippen LogP contribution in [0.4, 0.5) is 14.9 Å². The summed E-state index contributed by atoms with van der Waals surface area (Å²) in [5.41, 5.74) is 0.589. The van der Waals surface area contributed by atoms with Gasteiger partial charge in [0.05, 0.1) is 9.83 Å². The molecule has 3 rings (SSSR count). The summed E-state index contributed by atoms with van der Waals surface area (Å²) < 4.78 is 13.8. The first kappa shape index (κ1) is 21.9. The molecule has 8 nitrogen and oxygen atoms in total. The molecule has 0 atom stereocenters. The molecule has 1 aliphatic rings. The van der Waals surface area contributed by atoms with Crippen molar-refractivity contribution in [2.75, 3.05) is 13.1 Å². The van der Waals surface area contributed by atoms with Crippen molar-refractivity contribution in [1.82, 2.24) is 10.2 Å². The Balaban J connectivity index is 1.54. The van der Waals surface area contributed by atoms with Crippen molar-refractivity contribution in [2.45, 2.75) is 0 Å². The van der Waals surface area contributed by atoms with E-state index in [-0.39, 0.29) is 29.2 Å². The van der Waals surface area contributed by atoms with Crippen LogP contribution in [-0.4, -0.2) is 40.0 Å². The minimum atomic E-state index is -0.556. The molecule has 0 radical (unpaired) electrons. The van der Waals surface area contributed by atoms with Gasteiger partial charge in [0.25, 0.3) is 16.8 Å². The third-order valence-corrected chi connectivity index (χ3v) is 5.12. The van der Waals surface area contributed by atoms with Crippen LogP contribution in [0.5, 0.6) is 0 Å². The quantitative estimate of drug-likeness (QED) is 0.399. The van der Waals surface area contributed by atoms with Gasteiger partial charge in [-0.05, 0) is 35.5 Å². The van der Waals surface area contributed by atoms with Gasteiger partial charge in [0.15, 0.2) is 0 Å². The van der Waals surface area contributed by atoms with Gasteiger partial charge in [0.1, 0.15) is 5.82 Å². The first-order valence-electron chi connectivity index (χ1n) is 9.05. The minimum Gasteiger partial charge on any atom is -0.351 e. The summed E-state index contributed by atoms with van der Waals surface area (Å²) in [5, 5.41) is 12.8. The monoisotopic (exact) mass is 441 g/mol. The normalized spacial score (nSPS) is 15.1. The predicted molar refractivity (Wildman–Crippen MR) is 114 cm³/mol. The van der Waals surface area contributed by atoms with Gasteiger partial charge in [0, 0.05) is 36.9 Å². The van der Waals surface area contributed by atoms with Crippen LogP contribution in [0, 0.1) is 15.9 Å². The summed E-state index contributed by atoms with van der Waals surface area (Å²) >= 11 is 0.705. The number of imide groups is 1. The lowest BCUT2D eigenvalue weighted by Crippen LogP contribution is -2.36. The molecule has 0 unspecified atom stereocenters. The third-order valence-electron chi connectivity index (χ3n) is 4.21. The Hall–Kier alpha value is -3.79. The Labute approximate surface area is 180 Å². The lowest BCUT2D eigenvalue weighted by molar-refractivity contribution is -0.384. The molecule has 3 amide bonds. The van der Waals surface area contributed by atoms with E-state index in [1.807, 2.05) is 0 Å². The molecule has 1 saturated heterocycles. The second kappa shape index (κ2) is 9.81. The zero-order valence-electron chi connectivity index (χ0n) is 16.0. The van der Waals surface area contributed by atoms with Crippen molar-refractivity contribution in [3.8, 4) is 0 Å². The summed E-state index contributed by atoms with van der Waals surface area (Å²) in [4.78, 5) is 47.8. The number of thioether (sulfide) groups is 1. The molecule has 0 bridgehead atoms. The van der Waals surface area contributed by atoms with Gasteiger partial charge in [-0.15, -0.1) is 0 Å². The standard InChI is InChI=1S/C21H16FN3O5S/c22-17-7-2-1-5-15(17)13-18-20(27)24(21(28)31-18)11-10-23-19(26)9-8-14-4-3-6-16(12-14)25(29)30/h1-9,12-13H,10-11H2,(H,23,26)/b9-8+,18-13-. The molecule has 2 aromatic rings. The molecular weight excluding hydrogens is 425 g/mol. The molecule has 1 N–H and O–H groups in total.